The van der Waals surface area contributed by atoms with Gasteiger partial charge in [-0.3, -0.25) is 14.0 Å². The van der Waals surface area contributed by atoms with E-state index in [-0.39, 0.29) is 10.8 Å². The summed E-state index contributed by atoms with van der Waals surface area (Å²) in [6, 6.07) is 21.1. The van der Waals surface area contributed by atoms with Crippen molar-refractivity contribution in [3.05, 3.63) is 82.8 Å². The van der Waals surface area contributed by atoms with Gasteiger partial charge in [0.2, 0.25) is 0 Å². The summed E-state index contributed by atoms with van der Waals surface area (Å²) in [7, 11) is -2.20. The average molecular weight is 615 g/mol. The Kier molecular flexibility index (Phi) is 7.98. The van der Waals surface area contributed by atoms with E-state index < -0.39 is 10.0 Å². The number of aromatic nitrogens is 1. The van der Waals surface area contributed by atoms with Crippen molar-refractivity contribution in [3.63, 3.8) is 0 Å². The zero-order valence-corrected chi connectivity index (χ0v) is 24.1. The summed E-state index contributed by atoms with van der Waals surface area (Å²) >= 11 is 5.23. The van der Waals surface area contributed by atoms with Gasteiger partial charge >= 0.3 is 0 Å². The van der Waals surface area contributed by atoms with Crippen LogP contribution in [0.15, 0.2) is 82.2 Å². The number of thiazole rings is 1. The van der Waals surface area contributed by atoms with Gasteiger partial charge in [-0.05, 0) is 54.6 Å². The van der Waals surface area contributed by atoms with Crippen molar-refractivity contribution >= 4 is 64.2 Å². The van der Waals surface area contributed by atoms with E-state index in [9.17, 15) is 13.2 Å². The molecule has 0 saturated carbocycles. The van der Waals surface area contributed by atoms with Crippen LogP contribution >= 0.6 is 27.3 Å². The topological polar surface area (TPSA) is 85.8 Å². The van der Waals surface area contributed by atoms with E-state index in [0.717, 1.165) is 47.8 Å². The van der Waals surface area contributed by atoms with Crippen molar-refractivity contribution in [2.45, 2.75) is 4.90 Å². The number of amides is 1. The zero-order valence-electron chi connectivity index (χ0n) is 20.9. The van der Waals surface area contributed by atoms with Crippen molar-refractivity contribution in [2.75, 3.05) is 55.5 Å². The number of sulfonamides is 1. The second-order valence-corrected chi connectivity index (χ2v) is 12.9. The molecule has 0 unspecified atom stereocenters. The maximum atomic E-state index is 12.9. The number of para-hydroxylation sites is 1. The Bertz CT molecular complexity index is 1520. The second kappa shape index (κ2) is 11.4. The molecule has 1 aromatic heterocycles. The maximum absolute atomic E-state index is 12.9. The van der Waals surface area contributed by atoms with Gasteiger partial charge < -0.3 is 10.2 Å². The highest BCUT2D eigenvalue weighted by Gasteiger charge is 2.22. The summed E-state index contributed by atoms with van der Waals surface area (Å²) in [4.78, 5) is 22.2. The molecule has 1 aliphatic heterocycles. The number of nitrogens with zero attached hydrogens (tertiary/aromatic N) is 4. The minimum Gasteiger partial charge on any atom is -0.351 e. The Morgan fingerprint density at radius 2 is 1.74 bits per heavy atom. The van der Waals surface area contributed by atoms with Gasteiger partial charge in [-0.2, -0.15) is 0 Å². The van der Waals surface area contributed by atoms with E-state index in [0.29, 0.717) is 17.8 Å². The summed E-state index contributed by atoms with van der Waals surface area (Å²) in [6.07, 6.45) is 0. The lowest BCUT2D eigenvalue weighted by Crippen LogP contribution is -2.48. The molecule has 2 heterocycles. The van der Waals surface area contributed by atoms with Crippen molar-refractivity contribution in [2.24, 2.45) is 0 Å². The Hall–Kier alpha value is -2.99. The third-order valence-corrected chi connectivity index (χ3v) is 9.96. The number of hydrogen-bond donors (Lipinski definition) is 1. The van der Waals surface area contributed by atoms with Crippen molar-refractivity contribution in [1.29, 1.82) is 0 Å². The van der Waals surface area contributed by atoms with E-state index in [1.165, 1.54) is 28.2 Å². The van der Waals surface area contributed by atoms with E-state index >= 15 is 0 Å². The lowest BCUT2D eigenvalue weighted by Gasteiger charge is -2.34. The van der Waals surface area contributed by atoms with Gasteiger partial charge in [-0.25, -0.2) is 13.4 Å². The van der Waals surface area contributed by atoms with Gasteiger partial charge in [0.25, 0.3) is 15.9 Å². The van der Waals surface area contributed by atoms with Gasteiger partial charge in [0.15, 0.2) is 5.13 Å². The third-order valence-electron chi connectivity index (χ3n) is 6.59. The SMILES string of the molecule is CN(c1ccccc1)S(=O)(=O)c1ccc(C(=O)NCCN2CCN(c3nc4ccc(Br)cc4s3)CC2)cc1. The summed E-state index contributed by atoms with van der Waals surface area (Å²) < 4.78 is 29.4. The van der Waals surface area contributed by atoms with Crippen molar-refractivity contribution < 1.29 is 13.2 Å². The molecule has 0 aliphatic carbocycles. The number of carbonyl (C=O) groups excluding carboxylic acids is 1. The molecule has 198 valence electrons. The largest absolute Gasteiger partial charge is 0.351 e. The highest BCUT2D eigenvalue weighted by Crippen LogP contribution is 2.31. The first-order valence-corrected chi connectivity index (χ1v) is 15.3. The molecule has 1 saturated heterocycles. The molecule has 0 radical (unpaired) electrons. The van der Waals surface area contributed by atoms with Crippen LogP contribution in [-0.4, -0.2) is 70.5 Å². The predicted octanol–water partition coefficient (Wildman–Crippen LogP) is 4.44. The van der Waals surface area contributed by atoms with Crippen LogP contribution in [0.2, 0.25) is 0 Å². The molecule has 0 atom stereocenters. The second-order valence-electron chi connectivity index (χ2n) is 9.03. The van der Waals surface area contributed by atoms with Gasteiger partial charge in [-0.1, -0.05) is 45.5 Å². The molecule has 1 amide bonds. The minimum atomic E-state index is -3.72. The number of rotatable bonds is 8. The summed E-state index contributed by atoms with van der Waals surface area (Å²) in [5.74, 6) is -0.218. The molecule has 8 nitrogen and oxygen atoms in total. The lowest BCUT2D eigenvalue weighted by atomic mass is 10.2. The summed E-state index contributed by atoms with van der Waals surface area (Å²) in [5, 5.41) is 4.00. The maximum Gasteiger partial charge on any atom is 0.264 e. The number of benzene rings is 3. The first-order chi connectivity index (χ1) is 18.3. The molecule has 3 aromatic carbocycles. The molecule has 1 N–H and O–H groups in total. The Labute approximate surface area is 235 Å². The van der Waals surface area contributed by atoms with Crippen molar-refractivity contribution in [1.82, 2.24) is 15.2 Å². The molecule has 1 fully saturated rings. The van der Waals surface area contributed by atoms with Crippen LogP contribution in [0.5, 0.6) is 0 Å². The number of carbonyl (C=O) groups is 1. The summed E-state index contributed by atoms with van der Waals surface area (Å²) in [6.45, 7) is 4.85. The third kappa shape index (κ3) is 5.85. The van der Waals surface area contributed by atoms with E-state index in [1.54, 1.807) is 47.7 Å². The standard InChI is InChI=1S/C27H28BrN5O3S2/c1-31(22-5-3-2-4-6-22)38(35,36)23-10-7-20(8-11-23)26(34)29-13-14-32-15-17-33(18-16-32)27-30-24-12-9-21(28)19-25(24)37-27/h2-12,19H,13-18H2,1H3,(H,29,34). The van der Waals surface area contributed by atoms with Crippen LogP contribution in [0, 0.1) is 0 Å². The highest BCUT2D eigenvalue weighted by atomic mass is 79.9. The highest BCUT2D eigenvalue weighted by molar-refractivity contribution is 9.10. The van der Waals surface area contributed by atoms with Crippen LogP contribution in [0.3, 0.4) is 0 Å². The number of anilines is 2. The number of nitrogens with one attached hydrogen (secondary N) is 1. The first kappa shape index (κ1) is 26.6. The van der Waals surface area contributed by atoms with Crippen LogP contribution in [0.4, 0.5) is 10.8 Å². The Morgan fingerprint density at radius 3 is 2.45 bits per heavy atom. The predicted molar refractivity (Wildman–Crippen MR) is 157 cm³/mol. The normalized spacial score (nSPS) is 14.5. The Morgan fingerprint density at radius 1 is 1.03 bits per heavy atom. The molecule has 5 rings (SSSR count). The smallest absolute Gasteiger partial charge is 0.264 e. The molecule has 38 heavy (non-hydrogen) atoms. The van der Waals surface area contributed by atoms with Crippen LogP contribution in [-0.2, 0) is 10.0 Å². The number of hydrogen-bond acceptors (Lipinski definition) is 7. The van der Waals surface area contributed by atoms with E-state index in [4.69, 9.17) is 4.98 Å². The van der Waals surface area contributed by atoms with Gasteiger partial charge in [0.1, 0.15) is 0 Å². The summed E-state index contributed by atoms with van der Waals surface area (Å²) in [5.41, 5.74) is 2.02. The lowest BCUT2D eigenvalue weighted by molar-refractivity contribution is 0.0947. The molecular weight excluding hydrogens is 586 g/mol. The molecule has 0 spiro atoms. The fourth-order valence-corrected chi connectivity index (χ4v) is 7.09. The first-order valence-electron chi connectivity index (χ1n) is 12.3. The minimum absolute atomic E-state index is 0.138. The fraction of sp³-hybridized carbons (Fsp3) is 0.259. The van der Waals surface area contributed by atoms with E-state index in [2.05, 4.69) is 37.1 Å². The van der Waals surface area contributed by atoms with Crippen LogP contribution < -0.4 is 14.5 Å². The van der Waals surface area contributed by atoms with Gasteiger partial charge in [-0.15, -0.1) is 0 Å². The van der Waals surface area contributed by atoms with Gasteiger partial charge in [0.05, 0.1) is 20.8 Å². The zero-order chi connectivity index (χ0) is 26.7. The quantitative estimate of drug-likeness (QED) is 0.316. The van der Waals surface area contributed by atoms with Gasteiger partial charge in [0, 0.05) is 56.4 Å². The molecule has 1 aliphatic rings. The molecule has 11 heteroatoms. The van der Waals surface area contributed by atoms with Crippen LogP contribution in [0.25, 0.3) is 10.2 Å². The molecule has 0 bridgehead atoms. The molecular formula is C27H28BrN5O3S2. The monoisotopic (exact) mass is 613 g/mol. The Balaban J connectivity index is 1.10. The number of halogens is 1. The fourth-order valence-electron chi connectivity index (χ4n) is 4.33. The number of piperazine rings is 1. The van der Waals surface area contributed by atoms with Crippen molar-refractivity contribution in [3.8, 4) is 0 Å². The average Bonchev–Trinajstić information content (AvgIpc) is 3.36. The number of fused-ring (bicyclic) bond motifs is 1. The van der Waals surface area contributed by atoms with Crippen LogP contribution in [0.1, 0.15) is 10.4 Å². The molecule has 4 aromatic rings. The van der Waals surface area contributed by atoms with E-state index in [1.807, 2.05) is 18.2 Å².